The summed E-state index contributed by atoms with van der Waals surface area (Å²) in [5, 5.41) is 0.559. The van der Waals surface area contributed by atoms with Crippen LogP contribution in [-0.2, 0) is 5.88 Å². The number of alkyl halides is 1. The summed E-state index contributed by atoms with van der Waals surface area (Å²) in [7, 11) is 0. The summed E-state index contributed by atoms with van der Waals surface area (Å²) >= 11 is 11.2. The number of nitrogens with zero attached hydrogens (tertiary/aromatic N) is 1. The van der Waals surface area contributed by atoms with Crippen molar-refractivity contribution in [3.63, 3.8) is 0 Å². The molecule has 1 rings (SSSR count). The predicted molar refractivity (Wildman–Crippen MR) is 43.2 cm³/mol. The number of pyridine rings is 1. The van der Waals surface area contributed by atoms with Crippen molar-refractivity contribution in [1.29, 1.82) is 0 Å². The molecule has 0 saturated heterocycles. The van der Waals surface area contributed by atoms with Crippen LogP contribution >= 0.6 is 23.2 Å². The number of nitrogen functional groups attached to an aromatic ring is 1. The molecule has 0 aliphatic heterocycles. The second-order valence-electron chi connectivity index (χ2n) is 1.83. The van der Waals surface area contributed by atoms with Crippen molar-refractivity contribution < 1.29 is 0 Å². The monoisotopic (exact) mass is 176 g/mol. The number of nitrogens with two attached hydrogens (primary N) is 1. The van der Waals surface area contributed by atoms with Gasteiger partial charge in [0, 0.05) is 12.1 Å². The summed E-state index contributed by atoms with van der Waals surface area (Å²) in [6, 6.07) is 1.66. The van der Waals surface area contributed by atoms with E-state index in [1.54, 1.807) is 6.07 Å². The molecule has 0 atom stereocenters. The summed E-state index contributed by atoms with van der Waals surface area (Å²) in [5.74, 6) is 0.811. The third kappa shape index (κ3) is 1.52. The van der Waals surface area contributed by atoms with E-state index in [1.165, 1.54) is 6.20 Å². The lowest BCUT2D eigenvalue weighted by Crippen LogP contribution is -1.91. The van der Waals surface area contributed by atoms with Crippen LogP contribution in [0.3, 0.4) is 0 Å². The van der Waals surface area contributed by atoms with Crippen molar-refractivity contribution in [2.45, 2.75) is 5.88 Å². The van der Waals surface area contributed by atoms with Crippen LogP contribution in [0, 0.1) is 0 Å². The molecule has 0 fully saturated rings. The molecule has 54 valence electrons. The highest BCUT2D eigenvalue weighted by Gasteiger charge is 1.98. The van der Waals surface area contributed by atoms with E-state index in [0.29, 0.717) is 16.7 Å². The molecule has 10 heavy (non-hydrogen) atoms. The number of anilines is 1. The van der Waals surface area contributed by atoms with Gasteiger partial charge in [0.2, 0.25) is 0 Å². The minimum Gasteiger partial charge on any atom is -0.384 e. The van der Waals surface area contributed by atoms with E-state index >= 15 is 0 Å². The highest BCUT2D eigenvalue weighted by Crippen LogP contribution is 2.17. The molecule has 0 aliphatic rings. The molecule has 2 nitrogen and oxygen atoms in total. The Morgan fingerprint density at radius 3 is 2.80 bits per heavy atom. The van der Waals surface area contributed by atoms with Crippen LogP contribution in [0.25, 0.3) is 0 Å². The van der Waals surface area contributed by atoms with E-state index in [-0.39, 0.29) is 0 Å². The molecule has 0 spiro atoms. The Balaban J connectivity index is 3.09. The fourth-order valence-electron chi connectivity index (χ4n) is 0.601. The van der Waals surface area contributed by atoms with E-state index in [2.05, 4.69) is 4.98 Å². The molecule has 0 unspecified atom stereocenters. The standard InChI is InChI=1S/C6H6Cl2N2/c7-2-4-1-6(9)10-3-5(4)8/h1,3H,2H2,(H2,9,10). The van der Waals surface area contributed by atoms with Crippen LogP contribution in [-0.4, -0.2) is 4.98 Å². The Morgan fingerprint density at radius 1 is 1.60 bits per heavy atom. The normalized spacial score (nSPS) is 9.80. The van der Waals surface area contributed by atoms with Gasteiger partial charge in [-0.1, -0.05) is 11.6 Å². The molecule has 4 heteroatoms. The number of hydrogen-bond acceptors (Lipinski definition) is 2. The van der Waals surface area contributed by atoms with Gasteiger partial charge in [-0.2, -0.15) is 0 Å². The first-order valence-electron chi connectivity index (χ1n) is 2.70. The van der Waals surface area contributed by atoms with Gasteiger partial charge in [0.25, 0.3) is 0 Å². The Bertz CT molecular complexity index is 237. The second-order valence-corrected chi connectivity index (χ2v) is 2.51. The van der Waals surface area contributed by atoms with E-state index in [4.69, 9.17) is 28.9 Å². The molecule has 1 aromatic heterocycles. The first-order chi connectivity index (χ1) is 4.74. The van der Waals surface area contributed by atoms with Gasteiger partial charge in [0.1, 0.15) is 5.82 Å². The van der Waals surface area contributed by atoms with Crippen LogP contribution in [0.1, 0.15) is 5.56 Å². The molecule has 0 aliphatic carbocycles. The zero-order valence-corrected chi connectivity index (χ0v) is 6.65. The molecule has 1 heterocycles. The van der Waals surface area contributed by atoms with Crippen molar-refractivity contribution in [3.05, 3.63) is 22.8 Å². The number of hydrogen-bond donors (Lipinski definition) is 1. The van der Waals surface area contributed by atoms with Gasteiger partial charge in [0.05, 0.1) is 5.02 Å². The second kappa shape index (κ2) is 3.08. The Morgan fingerprint density at radius 2 is 2.30 bits per heavy atom. The summed E-state index contributed by atoms with van der Waals surface area (Å²) in [4.78, 5) is 3.77. The minimum atomic E-state index is 0.367. The van der Waals surface area contributed by atoms with Crippen LogP contribution < -0.4 is 5.73 Å². The molecule has 0 aromatic carbocycles. The van der Waals surface area contributed by atoms with Gasteiger partial charge < -0.3 is 5.73 Å². The Labute approximate surface area is 69.0 Å². The third-order valence-electron chi connectivity index (χ3n) is 1.10. The summed E-state index contributed by atoms with van der Waals surface area (Å²) in [6.45, 7) is 0. The Hall–Kier alpha value is -0.470. The van der Waals surface area contributed by atoms with Crippen LogP contribution in [0.2, 0.25) is 5.02 Å². The molecule has 0 radical (unpaired) electrons. The van der Waals surface area contributed by atoms with Gasteiger partial charge in [-0.25, -0.2) is 4.98 Å². The van der Waals surface area contributed by atoms with Gasteiger partial charge in [-0.15, -0.1) is 11.6 Å². The van der Waals surface area contributed by atoms with E-state index in [9.17, 15) is 0 Å². The molecule has 0 saturated carbocycles. The molecular weight excluding hydrogens is 171 g/mol. The highest BCUT2D eigenvalue weighted by atomic mass is 35.5. The first-order valence-corrected chi connectivity index (χ1v) is 3.61. The molecule has 1 aromatic rings. The number of rotatable bonds is 1. The van der Waals surface area contributed by atoms with Crippen LogP contribution in [0.15, 0.2) is 12.3 Å². The van der Waals surface area contributed by atoms with Crippen molar-refractivity contribution in [1.82, 2.24) is 4.98 Å². The SMILES string of the molecule is Nc1cc(CCl)c(Cl)cn1. The maximum absolute atomic E-state index is 5.69. The number of halogens is 2. The van der Waals surface area contributed by atoms with E-state index in [0.717, 1.165) is 5.56 Å². The zero-order valence-electron chi connectivity index (χ0n) is 5.14. The van der Waals surface area contributed by atoms with Gasteiger partial charge in [-0.3, -0.25) is 0 Å². The largest absolute Gasteiger partial charge is 0.384 e. The van der Waals surface area contributed by atoms with Crippen LogP contribution in [0.5, 0.6) is 0 Å². The van der Waals surface area contributed by atoms with Crippen molar-refractivity contribution in [2.24, 2.45) is 0 Å². The number of aromatic nitrogens is 1. The fourth-order valence-corrected chi connectivity index (χ4v) is 1.06. The lowest BCUT2D eigenvalue weighted by Gasteiger charge is -1.98. The van der Waals surface area contributed by atoms with Crippen molar-refractivity contribution in [3.8, 4) is 0 Å². The smallest absolute Gasteiger partial charge is 0.123 e. The predicted octanol–water partition coefficient (Wildman–Crippen LogP) is 2.06. The van der Waals surface area contributed by atoms with E-state index in [1.807, 2.05) is 0 Å². The average Bonchev–Trinajstić information content (AvgIpc) is 1.94. The highest BCUT2D eigenvalue weighted by molar-refractivity contribution is 6.32. The minimum absolute atomic E-state index is 0.367. The maximum Gasteiger partial charge on any atom is 0.123 e. The first kappa shape index (κ1) is 7.63. The lowest BCUT2D eigenvalue weighted by atomic mass is 10.3. The average molecular weight is 177 g/mol. The third-order valence-corrected chi connectivity index (χ3v) is 1.73. The van der Waals surface area contributed by atoms with E-state index < -0.39 is 0 Å². The Kier molecular flexibility index (Phi) is 2.35. The quantitative estimate of drug-likeness (QED) is 0.666. The molecule has 0 amide bonds. The summed E-state index contributed by atoms with van der Waals surface area (Å²) in [5.41, 5.74) is 6.19. The summed E-state index contributed by atoms with van der Waals surface area (Å²) in [6.07, 6.45) is 1.49. The zero-order chi connectivity index (χ0) is 7.56. The lowest BCUT2D eigenvalue weighted by molar-refractivity contribution is 1.28. The fraction of sp³-hybridized carbons (Fsp3) is 0.167. The molecule has 0 bridgehead atoms. The van der Waals surface area contributed by atoms with Crippen molar-refractivity contribution >= 4 is 29.0 Å². The van der Waals surface area contributed by atoms with Gasteiger partial charge in [-0.05, 0) is 11.6 Å². The molecule has 2 N–H and O–H groups in total. The molecular formula is C6H6Cl2N2. The van der Waals surface area contributed by atoms with Gasteiger partial charge >= 0.3 is 0 Å². The van der Waals surface area contributed by atoms with Crippen molar-refractivity contribution in [2.75, 3.05) is 5.73 Å². The maximum atomic E-state index is 5.69. The topological polar surface area (TPSA) is 38.9 Å². The van der Waals surface area contributed by atoms with Crippen LogP contribution in [0.4, 0.5) is 5.82 Å². The van der Waals surface area contributed by atoms with Gasteiger partial charge in [0.15, 0.2) is 0 Å². The summed E-state index contributed by atoms with van der Waals surface area (Å²) < 4.78 is 0.